The predicted molar refractivity (Wildman–Crippen MR) is 120 cm³/mol. The van der Waals surface area contributed by atoms with Crippen LogP contribution in [-0.4, -0.2) is 6.00 Å². The van der Waals surface area contributed by atoms with Crippen LogP contribution in [0.15, 0.2) is 29.2 Å². The summed E-state index contributed by atoms with van der Waals surface area (Å²) in [5, 5.41) is 6.15. The Labute approximate surface area is 183 Å². The molecule has 0 unspecified atom stereocenters. The molecule has 128 valence electrons. The summed E-state index contributed by atoms with van der Waals surface area (Å²) in [5.74, 6) is 0. The molecule has 25 heavy (non-hydrogen) atoms. The fraction of sp³-hybridized carbons (Fsp3) is 0. The van der Waals surface area contributed by atoms with Gasteiger partial charge in [0.1, 0.15) is 0 Å². The third-order valence-electron chi connectivity index (χ3n) is 4.23. The molecular weight excluding hydrogens is 501 g/mol. The number of rotatable bonds is 1. The van der Waals surface area contributed by atoms with Gasteiger partial charge in [-0.15, -0.1) is 45.9 Å². The molecule has 0 N–H and O–H groups in total. The first-order valence-electron chi connectivity index (χ1n) is 6.87. The Bertz CT molecular complexity index is 1180. The van der Waals surface area contributed by atoms with Crippen molar-refractivity contribution in [3.05, 3.63) is 44.4 Å². The number of hydrogen-bond acceptors (Lipinski definition) is 1. The standard InChI is InChI=1S/C16H5Cl7SSi/c17-12-6-3-1-5-2-4-7(24)10-8(5)9(6)11(13(18)15(12)20)14(19)16(10)25(21,22)23/h1-4,24H. The highest BCUT2D eigenvalue weighted by Gasteiger charge is 2.36. The molecule has 0 aliphatic carbocycles. The zero-order valence-corrected chi connectivity index (χ0v) is 19.1. The zero-order valence-electron chi connectivity index (χ0n) is 11.9. The third-order valence-corrected chi connectivity index (χ3v) is 9.25. The average molecular weight is 506 g/mol. The van der Waals surface area contributed by atoms with E-state index < -0.39 is 6.00 Å². The van der Waals surface area contributed by atoms with E-state index >= 15 is 0 Å². The maximum atomic E-state index is 6.69. The van der Waals surface area contributed by atoms with E-state index in [-0.39, 0.29) is 15.1 Å². The van der Waals surface area contributed by atoms with Crippen LogP contribution in [0, 0.1) is 0 Å². The van der Waals surface area contributed by atoms with Crippen molar-refractivity contribution in [2.24, 2.45) is 0 Å². The maximum absolute atomic E-state index is 6.69. The van der Waals surface area contributed by atoms with Crippen LogP contribution in [0.3, 0.4) is 0 Å². The summed E-state index contributed by atoms with van der Waals surface area (Å²) in [6.45, 7) is 0. The van der Waals surface area contributed by atoms with E-state index in [0.29, 0.717) is 25.9 Å². The molecule has 0 fully saturated rings. The van der Waals surface area contributed by atoms with Gasteiger partial charge in [0.15, 0.2) is 0 Å². The molecule has 0 saturated carbocycles. The van der Waals surface area contributed by atoms with Gasteiger partial charge in [-0.1, -0.05) is 64.6 Å². The fourth-order valence-corrected chi connectivity index (χ4v) is 8.24. The number of halogens is 7. The smallest absolute Gasteiger partial charge is 0.143 e. The quantitative estimate of drug-likeness (QED) is 0.0868. The van der Waals surface area contributed by atoms with Crippen molar-refractivity contribution < 1.29 is 0 Å². The number of benzene rings is 4. The lowest BCUT2D eigenvalue weighted by Crippen LogP contribution is -2.32. The molecule has 0 radical (unpaired) electrons. The van der Waals surface area contributed by atoms with Crippen LogP contribution < -0.4 is 5.19 Å². The van der Waals surface area contributed by atoms with Crippen LogP contribution in [0.5, 0.6) is 0 Å². The van der Waals surface area contributed by atoms with Gasteiger partial charge in [0.2, 0.25) is 0 Å². The zero-order chi connectivity index (χ0) is 18.3. The molecule has 0 bridgehead atoms. The molecule has 9 heteroatoms. The van der Waals surface area contributed by atoms with Crippen LogP contribution in [0.2, 0.25) is 20.1 Å². The first-order valence-corrected chi connectivity index (χ1v) is 13.9. The first kappa shape index (κ1) is 18.9. The second-order valence-corrected chi connectivity index (χ2v) is 15.9. The summed E-state index contributed by atoms with van der Waals surface area (Å²) in [5.41, 5.74) is 0. The van der Waals surface area contributed by atoms with Gasteiger partial charge in [-0.3, -0.25) is 0 Å². The Morgan fingerprint density at radius 1 is 0.640 bits per heavy atom. The van der Waals surface area contributed by atoms with Crippen LogP contribution >= 0.6 is 92.3 Å². The molecule has 0 aromatic heterocycles. The SMILES string of the molecule is Sc1ccc2ccc3c(Cl)c(Cl)c(Cl)c4c(Cl)c([Si](Cl)(Cl)Cl)c1c2c34. The van der Waals surface area contributed by atoms with Crippen molar-refractivity contribution in [3.63, 3.8) is 0 Å². The van der Waals surface area contributed by atoms with Crippen molar-refractivity contribution in [1.29, 1.82) is 0 Å². The summed E-state index contributed by atoms with van der Waals surface area (Å²) in [6.07, 6.45) is 0. The Kier molecular flexibility index (Phi) is 4.73. The minimum Gasteiger partial charge on any atom is -0.143 e. The molecular formula is C16H5Cl7SSi. The van der Waals surface area contributed by atoms with Crippen molar-refractivity contribution >= 4 is 136 Å². The summed E-state index contributed by atoms with van der Waals surface area (Å²) in [4.78, 5) is 0.666. The lowest BCUT2D eigenvalue weighted by Gasteiger charge is -2.22. The maximum Gasteiger partial charge on any atom is 0.375 e. The van der Waals surface area contributed by atoms with Crippen LogP contribution in [-0.2, 0) is 0 Å². The molecule has 4 aromatic carbocycles. The highest BCUT2D eigenvalue weighted by molar-refractivity contribution is 7.80. The van der Waals surface area contributed by atoms with E-state index in [0.717, 1.165) is 21.5 Å². The number of thiol groups is 1. The van der Waals surface area contributed by atoms with Crippen molar-refractivity contribution in [3.8, 4) is 0 Å². The minimum absolute atomic E-state index is 0.221. The first-order chi connectivity index (χ1) is 11.6. The van der Waals surface area contributed by atoms with Crippen LogP contribution in [0.4, 0.5) is 0 Å². The molecule has 0 heterocycles. The normalized spacial score (nSPS) is 12.8. The average Bonchev–Trinajstić information content (AvgIpc) is 2.53. The van der Waals surface area contributed by atoms with Crippen molar-refractivity contribution in [1.82, 2.24) is 0 Å². The summed E-state index contributed by atoms with van der Waals surface area (Å²) < 4.78 is 0. The molecule has 4 rings (SSSR count). The van der Waals surface area contributed by atoms with E-state index in [2.05, 4.69) is 12.6 Å². The molecule has 0 nitrogen and oxygen atoms in total. The van der Waals surface area contributed by atoms with Gasteiger partial charge in [-0.05, 0) is 16.8 Å². The van der Waals surface area contributed by atoms with E-state index in [9.17, 15) is 0 Å². The molecule has 0 saturated heterocycles. The summed E-state index contributed by atoms with van der Waals surface area (Å²) in [6, 6.07) is 4.23. The highest BCUT2D eigenvalue weighted by atomic mass is 35.8. The Balaban J connectivity index is 2.51. The lowest BCUT2D eigenvalue weighted by atomic mass is 9.94. The van der Waals surface area contributed by atoms with Crippen molar-refractivity contribution in [2.75, 3.05) is 0 Å². The van der Waals surface area contributed by atoms with E-state index in [1.807, 2.05) is 24.3 Å². The molecule has 0 spiro atoms. The van der Waals surface area contributed by atoms with Gasteiger partial charge in [-0.25, -0.2) is 0 Å². The Morgan fingerprint density at radius 2 is 1.28 bits per heavy atom. The summed E-state index contributed by atoms with van der Waals surface area (Å²) in [7, 11) is 0. The monoisotopic (exact) mass is 502 g/mol. The third kappa shape index (κ3) is 2.65. The Hall–Kier alpha value is 0.517. The van der Waals surface area contributed by atoms with Crippen LogP contribution in [0.1, 0.15) is 0 Å². The molecule has 0 aliphatic rings. The predicted octanol–water partition coefficient (Wildman–Crippen LogP) is 8.35. The molecule has 0 atom stereocenters. The molecule has 4 aromatic rings. The van der Waals surface area contributed by atoms with E-state index in [4.69, 9.17) is 79.6 Å². The van der Waals surface area contributed by atoms with Gasteiger partial charge in [-0.2, -0.15) is 0 Å². The number of hydrogen-bond donors (Lipinski definition) is 1. The van der Waals surface area contributed by atoms with Gasteiger partial charge in [0, 0.05) is 31.6 Å². The van der Waals surface area contributed by atoms with E-state index in [1.54, 1.807) is 0 Å². The minimum atomic E-state index is -3.38. The van der Waals surface area contributed by atoms with E-state index in [1.165, 1.54) is 0 Å². The second kappa shape index (κ2) is 6.27. The largest absolute Gasteiger partial charge is 0.375 e. The highest BCUT2D eigenvalue weighted by Crippen LogP contribution is 2.49. The van der Waals surface area contributed by atoms with Crippen LogP contribution in [0.25, 0.3) is 32.3 Å². The van der Waals surface area contributed by atoms with Gasteiger partial charge >= 0.3 is 6.00 Å². The molecule has 0 aliphatic heterocycles. The van der Waals surface area contributed by atoms with Gasteiger partial charge < -0.3 is 0 Å². The van der Waals surface area contributed by atoms with Gasteiger partial charge in [0.05, 0.1) is 20.1 Å². The fourth-order valence-electron chi connectivity index (χ4n) is 3.24. The summed E-state index contributed by atoms with van der Waals surface area (Å²) >= 11 is 49.6. The topological polar surface area (TPSA) is 0 Å². The van der Waals surface area contributed by atoms with Gasteiger partial charge in [0.25, 0.3) is 0 Å². The molecule has 0 amide bonds. The Morgan fingerprint density at radius 3 is 1.92 bits per heavy atom. The second-order valence-electron chi connectivity index (χ2n) is 5.55. The van der Waals surface area contributed by atoms with Crippen molar-refractivity contribution in [2.45, 2.75) is 4.90 Å². The lowest BCUT2D eigenvalue weighted by molar-refractivity contribution is 1.60.